The van der Waals surface area contributed by atoms with Crippen LogP contribution in [0.2, 0.25) is 0 Å². The van der Waals surface area contributed by atoms with Crippen LogP contribution in [0.25, 0.3) is 12.2 Å². The number of rotatable bonds is 15. The molecule has 1 heterocycles. The maximum absolute atomic E-state index is 13.5. The Balaban J connectivity index is 1.43. The van der Waals surface area contributed by atoms with Gasteiger partial charge >= 0.3 is 0 Å². The van der Waals surface area contributed by atoms with Gasteiger partial charge in [-0.3, -0.25) is 9.59 Å². The first-order chi connectivity index (χ1) is 24.3. The third-order valence-electron chi connectivity index (χ3n) is 7.91. The minimum absolute atomic E-state index is 0.117. The number of piperazine rings is 1. The quantitative estimate of drug-likeness (QED) is 0.101. The summed E-state index contributed by atoms with van der Waals surface area (Å²) >= 11 is 1.66. The molecule has 1 unspecified atom stereocenters. The number of hydrogen-bond donors (Lipinski definition) is 0. The van der Waals surface area contributed by atoms with Gasteiger partial charge in [0.25, 0.3) is 0 Å². The lowest BCUT2D eigenvalue weighted by Gasteiger charge is -2.40. The number of carbonyl (C=O) groups excluding carboxylic acids is 2. The molecule has 0 saturated carbocycles. The van der Waals surface area contributed by atoms with Crippen LogP contribution in [0.5, 0.6) is 34.5 Å². The predicted octanol–water partition coefficient (Wildman–Crippen LogP) is 6.41. The van der Waals surface area contributed by atoms with Crippen molar-refractivity contribution in [3.63, 3.8) is 0 Å². The van der Waals surface area contributed by atoms with Crippen LogP contribution in [0.15, 0.2) is 95.9 Å². The van der Waals surface area contributed by atoms with Crippen LogP contribution < -0.4 is 28.4 Å². The Morgan fingerprint density at radius 2 is 1.14 bits per heavy atom. The van der Waals surface area contributed by atoms with Gasteiger partial charge in [0, 0.05) is 42.4 Å². The lowest BCUT2D eigenvalue weighted by atomic mass is 10.1. The second kappa shape index (κ2) is 19.0. The largest absolute Gasteiger partial charge is 0.493 e. The van der Waals surface area contributed by atoms with Gasteiger partial charge < -0.3 is 38.2 Å². The summed E-state index contributed by atoms with van der Waals surface area (Å²) in [5.74, 6) is 3.60. The van der Waals surface area contributed by atoms with Crippen molar-refractivity contribution in [2.75, 3.05) is 68.0 Å². The fraction of sp³-hybridized carbons (Fsp3) is 0.282. The van der Waals surface area contributed by atoms with Gasteiger partial charge in [-0.15, -0.1) is 11.8 Å². The van der Waals surface area contributed by atoms with E-state index in [0.717, 1.165) is 16.0 Å². The van der Waals surface area contributed by atoms with Crippen molar-refractivity contribution in [2.45, 2.75) is 10.9 Å². The Morgan fingerprint density at radius 3 is 1.60 bits per heavy atom. The third-order valence-corrected chi connectivity index (χ3v) is 9.07. The number of allylic oxidation sites excluding steroid dienone is 4. The van der Waals surface area contributed by atoms with Crippen LogP contribution in [0, 0.1) is 0 Å². The van der Waals surface area contributed by atoms with Crippen molar-refractivity contribution in [2.24, 2.45) is 0 Å². The number of benzene rings is 3. The molecular formula is C39H44N2O8S. The molecule has 3 aromatic carbocycles. The maximum Gasteiger partial charge on any atom is 0.246 e. The van der Waals surface area contributed by atoms with E-state index in [2.05, 4.69) is 0 Å². The molecule has 1 saturated heterocycles. The molecule has 0 N–H and O–H groups in total. The molecular weight excluding hydrogens is 657 g/mol. The molecule has 264 valence electrons. The van der Waals surface area contributed by atoms with Gasteiger partial charge in [-0.05, 0) is 47.5 Å². The lowest BCUT2D eigenvalue weighted by molar-refractivity contribution is -0.136. The second-order valence-electron chi connectivity index (χ2n) is 10.9. The third kappa shape index (κ3) is 9.88. The minimum Gasteiger partial charge on any atom is -0.493 e. The molecule has 0 radical (unpaired) electrons. The van der Waals surface area contributed by atoms with Crippen LogP contribution in [0.3, 0.4) is 0 Å². The normalized spacial score (nSPS) is 14.9. The highest BCUT2D eigenvalue weighted by Crippen LogP contribution is 2.39. The van der Waals surface area contributed by atoms with E-state index in [9.17, 15) is 9.59 Å². The molecule has 0 aliphatic carbocycles. The molecule has 1 aliphatic heterocycles. The molecule has 1 fully saturated rings. The summed E-state index contributed by atoms with van der Waals surface area (Å²) in [5, 5.41) is 0. The number of nitrogens with zero attached hydrogens (tertiary/aromatic N) is 2. The second-order valence-corrected chi connectivity index (χ2v) is 12.0. The summed E-state index contributed by atoms with van der Waals surface area (Å²) in [6.07, 6.45) is 13.8. The van der Waals surface area contributed by atoms with Crippen LogP contribution in [-0.2, 0) is 9.59 Å². The first-order valence-corrected chi connectivity index (χ1v) is 16.9. The van der Waals surface area contributed by atoms with Gasteiger partial charge in [-0.1, -0.05) is 54.7 Å². The highest BCUT2D eigenvalue weighted by molar-refractivity contribution is 7.99. The van der Waals surface area contributed by atoms with E-state index in [1.165, 1.54) is 0 Å². The van der Waals surface area contributed by atoms with Crippen molar-refractivity contribution < 1.29 is 38.0 Å². The van der Waals surface area contributed by atoms with Gasteiger partial charge in [0.2, 0.25) is 23.3 Å². The fourth-order valence-electron chi connectivity index (χ4n) is 5.40. The summed E-state index contributed by atoms with van der Waals surface area (Å²) in [6, 6.07) is 17.2. The van der Waals surface area contributed by atoms with Crippen molar-refractivity contribution in [1.82, 2.24) is 9.80 Å². The van der Waals surface area contributed by atoms with E-state index < -0.39 is 0 Å². The van der Waals surface area contributed by atoms with Crippen LogP contribution in [0.1, 0.15) is 11.1 Å². The zero-order chi connectivity index (χ0) is 35.9. The SMILES string of the molecule is COc1cc(C=CC=CC(=O)N2CCN(C(=O)C=CC=Cc3cc(OC)c(OC)c(OC)c3)C(CSc3ccccc3)C2)cc(OC)c1OC. The summed E-state index contributed by atoms with van der Waals surface area (Å²) in [7, 11) is 9.37. The fourth-order valence-corrected chi connectivity index (χ4v) is 6.42. The number of carbonyl (C=O) groups is 2. The molecule has 1 aliphatic rings. The summed E-state index contributed by atoms with van der Waals surface area (Å²) in [6.45, 7) is 1.26. The van der Waals surface area contributed by atoms with Crippen molar-refractivity contribution >= 4 is 35.7 Å². The average Bonchev–Trinajstić information content (AvgIpc) is 3.16. The number of amides is 2. The molecule has 4 rings (SSSR count). The monoisotopic (exact) mass is 700 g/mol. The van der Waals surface area contributed by atoms with Gasteiger partial charge in [0.05, 0.1) is 48.7 Å². The number of methoxy groups -OCH3 is 6. The first-order valence-electron chi connectivity index (χ1n) is 15.9. The topological polar surface area (TPSA) is 96.0 Å². The lowest BCUT2D eigenvalue weighted by Crippen LogP contribution is -2.57. The number of thioether (sulfide) groups is 1. The van der Waals surface area contributed by atoms with E-state index in [-0.39, 0.29) is 17.9 Å². The average molecular weight is 701 g/mol. The van der Waals surface area contributed by atoms with Crippen LogP contribution in [-0.4, -0.2) is 95.7 Å². The molecule has 0 bridgehead atoms. The molecule has 11 heteroatoms. The van der Waals surface area contributed by atoms with Gasteiger partial charge in [-0.2, -0.15) is 0 Å². The van der Waals surface area contributed by atoms with Crippen LogP contribution >= 0.6 is 11.8 Å². The Morgan fingerprint density at radius 1 is 0.660 bits per heavy atom. The maximum atomic E-state index is 13.5. The predicted molar refractivity (Wildman–Crippen MR) is 198 cm³/mol. The first kappa shape index (κ1) is 37.5. The van der Waals surface area contributed by atoms with Crippen molar-refractivity contribution in [1.29, 1.82) is 0 Å². The number of hydrogen-bond acceptors (Lipinski definition) is 9. The zero-order valence-corrected chi connectivity index (χ0v) is 30.1. The Bertz CT molecular complexity index is 1670. The highest BCUT2D eigenvalue weighted by Gasteiger charge is 2.31. The minimum atomic E-state index is -0.183. The van der Waals surface area contributed by atoms with E-state index in [4.69, 9.17) is 28.4 Å². The molecule has 2 amide bonds. The molecule has 50 heavy (non-hydrogen) atoms. The van der Waals surface area contributed by atoms with Crippen molar-refractivity contribution in [3.8, 4) is 34.5 Å². The Hall–Kier alpha value is -5.29. The van der Waals surface area contributed by atoms with E-state index in [0.29, 0.717) is 59.9 Å². The van der Waals surface area contributed by atoms with Gasteiger partial charge in [0.1, 0.15) is 0 Å². The van der Waals surface area contributed by atoms with Crippen LogP contribution in [0.4, 0.5) is 0 Å². The molecule has 3 aromatic rings. The highest BCUT2D eigenvalue weighted by atomic mass is 32.2. The molecule has 10 nitrogen and oxygen atoms in total. The van der Waals surface area contributed by atoms with E-state index >= 15 is 0 Å². The van der Waals surface area contributed by atoms with E-state index in [1.807, 2.05) is 71.6 Å². The van der Waals surface area contributed by atoms with Gasteiger partial charge in [-0.25, -0.2) is 0 Å². The van der Waals surface area contributed by atoms with Gasteiger partial charge in [0.15, 0.2) is 23.0 Å². The standard InChI is InChI=1S/C39H44N2O8S/c1-44-32-22-28(23-33(45-2)38(32)48-5)14-10-12-18-36(42)40-20-21-41(30(26-40)27-50-31-16-8-7-9-17-31)37(43)19-13-11-15-29-24-34(46-3)39(49-6)35(25-29)47-4/h7-19,22-25,30H,20-21,26-27H2,1-6H3. The zero-order valence-electron chi connectivity index (χ0n) is 29.3. The van der Waals surface area contributed by atoms with E-state index in [1.54, 1.807) is 95.8 Å². The van der Waals surface area contributed by atoms with Crippen molar-refractivity contribution in [3.05, 3.63) is 102 Å². The molecule has 0 spiro atoms. The molecule has 0 aromatic heterocycles. The summed E-state index contributed by atoms with van der Waals surface area (Å²) in [5.41, 5.74) is 1.65. The molecule has 1 atom stereocenters. The summed E-state index contributed by atoms with van der Waals surface area (Å²) < 4.78 is 32.5. The number of ether oxygens (including phenoxy) is 6. The summed E-state index contributed by atoms with van der Waals surface area (Å²) in [4.78, 5) is 31.4. The smallest absolute Gasteiger partial charge is 0.246 e. The Labute approximate surface area is 298 Å². The Kier molecular flexibility index (Phi) is 14.3.